The molecule has 0 bridgehead atoms. The van der Waals surface area contributed by atoms with Crippen LogP contribution in [-0.2, 0) is 9.31 Å². The van der Waals surface area contributed by atoms with Gasteiger partial charge in [0.25, 0.3) is 0 Å². The van der Waals surface area contributed by atoms with E-state index in [0.717, 1.165) is 0 Å². The molecule has 0 unspecified atom stereocenters. The average molecular weight is 293 g/mol. The lowest BCUT2D eigenvalue weighted by atomic mass is 9.77. The molecule has 1 fully saturated rings. The summed E-state index contributed by atoms with van der Waals surface area (Å²) in [7, 11) is -0.571. The molecule has 1 aromatic rings. The zero-order valence-electron chi connectivity index (χ0n) is 12.7. The van der Waals surface area contributed by atoms with Crippen molar-refractivity contribution in [2.45, 2.75) is 38.9 Å². The van der Waals surface area contributed by atoms with E-state index in [9.17, 15) is 4.79 Å². The van der Waals surface area contributed by atoms with Crippen molar-refractivity contribution in [1.29, 1.82) is 0 Å². The maximum absolute atomic E-state index is 10.8. The van der Waals surface area contributed by atoms with E-state index in [4.69, 9.17) is 24.6 Å². The van der Waals surface area contributed by atoms with Crippen molar-refractivity contribution in [3.63, 3.8) is 0 Å². The summed E-state index contributed by atoms with van der Waals surface area (Å²) >= 11 is 0. The van der Waals surface area contributed by atoms with Crippen molar-refractivity contribution in [2.75, 3.05) is 6.54 Å². The van der Waals surface area contributed by atoms with Crippen LogP contribution in [0.3, 0.4) is 0 Å². The van der Waals surface area contributed by atoms with Gasteiger partial charge in [0.15, 0.2) is 0 Å². The Morgan fingerprint density at radius 1 is 1.29 bits per heavy atom. The van der Waals surface area contributed by atoms with Gasteiger partial charge >= 0.3 is 13.1 Å². The number of nitrogens with two attached hydrogens (primary N) is 1. The van der Waals surface area contributed by atoms with Gasteiger partial charge in [-0.2, -0.15) is 0 Å². The minimum Gasteiger partial charge on any atom is -0.475 e. The quantitative estimate of drug-likeness (QED) is 0.824. The second-order valence-electron chi connectivity index (χ2n) is 6.02. The first-order valence-electron chi connectivity index (χ1n) is 6.75. The van der Waals surface area contributed by atoms with Crippen molar-refractivity contribution in [3.8, 4) is 0 Å². The highest BCUT2D eigenvalue weighted by Crippen LogP contribution is 2.38. The molecular weight excluding hydrogens is 273 g/mol. The lowest BCUT2D eigenvalue weighted by molar-refractivity contribution is 0.00578. The SMILES string of the molecule is CC1(C)OB(C(=Cc2ccc(C(=O)O)o2)CN)OC1(C)C. The second kappa shape index (κ2) is 5.33. The fraction of sp³-hybridized carbons (Fsp3) is 0.500. The highest BCUT2D eigenvalue weighted by molar-refractivity contribution is 6.55. The van der Waals surface area contributed by atoms with Gasteiger partial charge in [-0.1, -0.05) is 0 Å². The number of rotatable bonds is 4. The summed E-state index contributed by atoms with van der Waals surface area (Å²) in [6, 6.07) is 2.97. The number of furan rings is 1. The molecule has 1 aromatic heterocycles. The average Bonchev–Trinajstić information content (AvgIpc) is 2.90. The molecule has 7 heteroatoms. The molecule has 3 N–H and O–H groups in total. The van der Waals surface area contributed by atoms with Crippen molar-refractivity contribution >= 4 is 19.2 Å². The van der Waals surface area contributed by atoms with Crippen molar-refractivity contribution in [2.24, 2.45) is 5.73 Å². The summed E-state index contributed by atoms with van der Waals surface area (Å²) in [5.41, 5.74) is 5.54. The fourth-order valence-electron chi connectivity index (χ4n) is 1.95. The number of hydrogen-bond acceptors (Lipinski definition) is 5. The molecule has 0 spiro atoms. The van der Waals surface area contributed by atoms with E-state index < -0.39 is 24.3 Å². The third-order valence-electron chi connectivity index (χ3n) is 3.96. The molecule has 0 radical (unpaired) electrons. The molecule has 2 rings (SSSR count). The Morgan fingerprint density at radius 2 is 1.86 bits per heavy atom. The lowest BCUT2D eigenvalue weighted by Crippen LogP contribution is -2.41. The van der Waals surface area contributed by atoms with E-state index in [1.54, 1.807) is 12.1 Å². The largest absolute Gasteiger partial charge is 0.491 e. The first kappa shape index (κ1) is 15.8. The summed E-state index contributed by atoms with van der Waals surface area (Å²) in [5, 5.41) is 8.85. The number of carbonyl (C=O) groups is 1. The van der Waals surface area contributed by atoms with Crippen molar-refractivity contribution in [3.05, 3.63) is 29.1 Å². The summed E-state index contributed by atoms with van der Waals surface area (Å²) in [6.07, 6.45) is 1.66. The third-order valence-corrected chi connectivity index (χ3v) is 3.96. The van der Waals surface area contributed by atoms with Gasteiger partial charge in [-0.05, 0) is 51.4 Å². The second-order valence-corrected chi connectivity index (χ2v) is 6.02. The van der Waals surface area contributed by atoms with Crippen LogP contribution in [0.1, 0.15) is 44.0 Å². The van der Waals surface area contributed by atoms with Crippen molar-refractivity contribution < 1.29 is 23.6 Å². The topological polar surface area (TPSA) is 94.9 Å². The van der Waals surface area contributed by atoms with Crippen molar-refractivity contribution in [1.82, 2.24) is 0 Å². The van der Waals surface area contributed by atoms with Crippen LogP contribution in [0.25, 0.3) is 6.08 Å². The van der Waals surface area contributed by atoms with Crippen LogP contribution < -0.4 is 5.73 Å². The third kappa shape index (κ3) is 3.05. The van der Waals surface area contributed by atoms with Gasteiger partial charge in [-0.15, -0.1) is 0 Å². The Bertz CT molecular complexity index is 560. The van der Waals surface area contributed by atoms with Gasteiger partial charge in [0.1, 0.15) is 5.76 Å². The van der Waals surface area contributed by atoms with Gasteiger partial charge in [-0.25, -0.2) is 4.79 Å². The molecule has 0 aromatic carbocycles. The molecular formula is C14H20BNO5. The Labute approximate surface area is 124 Å². The van der Waals surface area contributed by atoms with Gasteiger partial charge < -0.3 is 24.6 Å². The number of hydrogen-bond donors (Lipinski definition) is 2. The normalized spacial score (nSPS) is 20.8. The maximum Gasteiger partial charge on any atom is 0.491 e. The summed E-state index contributed by atoms with van der Waals surface area (Å²) in [6.45, 7) is 8.04. The van der Waals surface area contributed by atoms with Crippen LogP contribution in [-0.4, -0.2) is 35.9 Å². The lowest BCUT2D eigenvalue weighted by Gasteiger charge is -2.32. The highest BCUT2D eigenvalue weighted by Gasteiger charge is 2.52. The minimum absolute atomic E-state index is 0.119. The zero-order valence-corrected chi connectivity index (χ0v) is 12.7. The van der Waals surface area contributed by atoms with Gasteiger partial charge in [0.05, 0.1) is 11.2 Å². The first-order valence-corrected chi connectivity index (χ1v) is 6.75. The molecule has 0 amide bonds. The first-order chi connectivity index (χ1) is 9.66. The Balaban J connectivity index is 2.24. The Hall–Kier alpha value is -1.57. The predicted octanol–water partition coefficient (Wildman–Crippen LogP) is 1.95. The molecule has 0 atom stereocenters. The number of carboxylic acids is 1. The number of carboxylic acid groups (broad SMARTS) is 1. The van der Waals surface area contributed by atoms with Crippen LogP contribution in [0.2, 0.25) is 0 Å². The van der Waals surface area contributed by atoms with E-state index in [0.29, 0.717) is 11.2 Å². The molecule has 6 nitrogen and oxygen atoms in total. The van der Waals surface area contributed by atoms with E-state index >= 15 is 0 Å². The predicted molar refractivity (Wildman–Crippen MR) is 78.8 cm³/mol. The zero-order chi connectivity index (χ0) is 15.8. The van der Waals surface area contributed by atoms with E-state index in [2.05, 4.69) is 0 Å². The fourth-order valence-corrected chi connectivity index (χ4v) is 1.95. The van der Waals surface area contributed by atoms with Crippen LogP contribution in [0.15, 0.2) is 22.0 Å². The summed E-state index contributed by atoms with van der Waals surface area (Å²) < 4.78 is 17.0. The maximum atomic E-state index is 10.8. The van der Waals surface area contributed by atoms with Crippen LogP contribution >= 0.6 is 0 Å². The van der Waals surface area contributed by atoms with Gasteiger partial charge in [0.2, 0.25) is 5.76 Å². The Morgan fingerprint density at radius 3 is 2.29 bits per heavy atom. The standard InChI is InChI=1S/C14H20BNO5/c1-13(2)14(3,4)21-15(20-13)9(8-16)7-10-5-6-11(19-10)12(17)18/h5-7H,8,16H2,1-4H3,(H,17,18). The smallest absolute Gasteiger partial charge is 0.475 e. The molecule has 0 aliphatic carbocycles. The Kier molecular flexibility index (Phi) is 4.01. The van der Waals surface area contributed by atoms with Gasteiger partial charge in [0, 0.05) is 6.54 Å². The minimum atomic E-state index is -1.11. The molecule has 21 heavy (non-hydrogen) atoms. The van der Waals surface area contributed by atoms with E-state index in [1.807, 2.05) is 27.7 Å². The van der Waals surface area contributed by atoms with Crippen LogP contribution in [0, 0.1) is 0 Å². The number of aromatic carboxylic acids is 1. The molecule has 1 aliphatic rings. The molecule has 1 saturated heterocycles. The molecule has 114 valence electrons. The van der Waals surface area contributed by atoms with E-state index in [1.165, 1.54) is 6.07 Å². The highest BCUT2D eigenvalue weighted by atomic mass is 16.7. The monoisotopic (exact) mass is 293 g/mol. The van der Waals surface area contributed by atoms with Crippen LogP contribution in [0.5, 0.6) is 0 Å². The molecule has 2 heterocycles. The van der Waals surface area contributed by atoms with E-state index in [-0.39, 0.29) is 12.3 Å². The molecule has 1 aliphatic heterocycles. The molecule has 0 saturated carbocycles. The summed E-state index contributed by atoms with van der Waals surface area (Å²) in [5.74, 6) is -0.825. The van der Waals surface area contributed by atoms with Gasteiger partial charge in [-0.3, -0.25) is 0 Å². The summed E-state index contributed by atoms with van der Waals surface area (Å²) in [4.78, 5) is 10.8. The van der Waals surface area contributed by atoms with Crippen LogP contribution in [0.4, 0.5) is 0 Å².